The molecule has 2 aromatic carbocycles. The van der Waals surface area contributed by atoms with Crippen molar-refractivity contribution in [2.45, 2.75) is 90.6 Å². The highest BCUT2D eigenvalue weighted by atomic mass is 16.6. The van der Waals surface area contributed by atoms with E-state index in [-0.39, 0.29) is 6.42 Å². The average molecular weight is 609 g/mol. The van der Waals surface area contributed by atoms with Gasteiger partial charge in [0.2, 0.25) is 11.8 Å². The van der Waals surface area contributed by atoms with Crippen LogP contribution in [0, 0.1) is 11.3 Å². The summed E-state index contributed by atoms with van der Waals surface area (Å²) in [4.78, 5) is 54.6. The summed E-state index contributed by atoms with van der Waals surface area (Å²) in [6.45, 7) is 10.6. The van der Waals surface area contributed by atoms with Gasteiger partial charge >= 0.3 is 12.1 Å². The number of benzene rings is 2. The Morgan fingerprint density at radius 3 is 1.95 bits per heavy atom. The van der Waals surface area contributed by atoms with E-state index in [1.807, 2.05) is 31.2 Å². The quantitative estimate of drug-likeness (QED) is 0.244. The molecular weight excluding hydrogens is 564 g/mol. The fraction of sp³-hybridized carbons (Fsp3) is 0.485. The molecule has 0 aliphatic heterocycles. The molecule has 3 atom stereocenters. The van der Waals surface area contributed by atoms with Crippen LogP contribution in [0.5, 0.6) is 0 Å². The Kier molecular flexibility index (Phi) is 12.9. The summed E-state index contributed by atoms with van der Waals surface area (Å²) < 4.78 is 10.8. The molecule has 0 saturated heterocycles. The van der Waals surface area contributed by atoms with Crippen molar-refractivity contribution in [3.05, 3.63) is 71.3 Å². The van der Waals surface area contributed by atoms with Crippen LogP contribution in [0.3, 0.4) is 0 Å². The first-order chi connectivity index (χ1) is 20.6. The zero-order chi connectivity index (χ0) is 33.1. The van der Waals surface area contributed by atoms with E-state index in [2.05, 4.69) is 10.6 Å². The molecule has 238 valence electrons. The van der Waals surface area contributed by atoms with E-state index in [1.165, 1.54) is 0 Å². The first-order valence-electron chi connectivity index (χ1n) is 14.5. The van der Waals surface area contributed by atoms with Crippen molar-refractivity contribution in [2.24, 2.45) is 0 Å². The third-order valence-corrected chi connectivity index (χ3v) is 6.25. The molecule has 0 radical (unpaired) electrons. The second-order valence-electron chi connectivity index (χ2n) is 12.3. The first-order valence-corrected chi connectivity index (χ1v) is 14.5. The van der Waals surface area contributed by atoms with E-state index in [9.17, 15) is 29.5 Å². The Bertz CT molecular complexity index is 1310. The number of nitrogens with one attached hydrogen (secondary N) is 2. The van der Waals surface area contributed by atoms with Crippen LogP contribution < -0.4 is 10.6 Å². The molecule has 44 heavy (non-hydrogen) atoms. The van der Waals surface area contributed by atoms with Crippen molar-refractivity contribution in [1.29, 1.82) is 5.26 Å². The van der Waals surface area contributed by atoms with Crippen LogP contribution in [0.1, 0.15) is 71.2 Å². The predicted molar refractivity (Wildman–Crippen MR) is 164 cm³/mol. The molecule has 0 spiro atoms. The van der Waals surface area contributed by atoms with Crippen molar-refractivity contribution in [3.63, 3.8) is 0 Å². The van der Waals surface area contributed by atoms with Crippen LogP contribution in [0.4, 0.5) is 4.79 Å². The maximum absolute atomic E-state index is 14.1. The van der Waals surface area contributed by atoms with Crippen molar-refractivity contribution in [3.8, 4) is 6.07 Å². The SMILES string of the molecule is CCc1ccc(C(C(=O)NC(Cc2ccccc2)C(=O)OC(C)(C)C)N(CC#N)C(=O)C(CO)NC(=O)OC(C)(C)C)cc1. The minimum Gasteiger partial charge on any atom is -0.458 e. The highest BCUT2D eigenvalue weighted by Gasteiger charge is 2.38. The largest absolute Gasteiger partial charge is 0.458 e. The Balaban J connectivity index is 2.54. The standard InChI is InChI=1S/C33H44N4O7/c1-8-22-14-16-24(17-15-22)27(37(19-18-34)29(40)26(21-38)36-31(42)44-33(5,6)7)28(39)35-25(30(41)43-32(2,3)4)20-23-12-10-9-11-13-23/h9-17,25-27,38H,8,19-21H2,1-7H3,(H,35,39)(H,36,42). The number of alkyl carbamates (subject to hydrolysis) is 1. The maximum atomic E-state index is 14.1. The van der Waals surface area contributed by atoms with E-state index >= 15 is 0 Å². The zero-order valence-electron chi connectivity index (χ0n) is 26.5. The smallest absolute Gasteiger partial charge is 0.408 e. The molecule has 11 nitrogen and oxygen atoms in total. The van der Waals surface area contributed by atoms with Crippen LogP contribution in [-0.2, 0) is 36.7 Å². The molecule has 0 saturated carbocycles. The van der Waals surface area contributed by atoms with Crippen molar-refractivity contribution in [1.82, 2.24) is 15.5 Å². The number of carbonyl (C=O) groups excluding carboxylic acids is 4. The molecule has 3 unspecified atom stereocenters. The number of hydrogen-bond acceptors (Lipinski definition) is 8. The number of nitriles is 1. The third-order valence-electron chi connectivity index (χ3n) is 6.25. The van der Waals surface area contributed by atoms with Gasteiger partial charge in [-0.25, -0.2) is 9.59 Å². The average Bonchev–Trinajstić information content (AvgIpc) is 2.94. The normalized spacial score (nSPS) is 13.4. The summed E-state index contributed by atoms with van der Waals surface area (Å²) in [6, 6.07) is 13.8. The Morgan fingerprint density at radius 1 is 0.864 bits per heavy atom. The molecule has 3 amide bonds. The van der Waals surface area contributed by atoms with Crippen molar-refractivity contribution < 1.29 is 33.8 Å². The van der Waals surface area contributed by atoms with Crippen molar-refractivity contribution in [2.75, 3.05) is 13.2 Å². The summed E-state index contributed by atoms with van der Waals surface area (Å²) >= 11 is 0. The Morgan fingerprint density at radius 2 is 1.45 bits per heavy atom. The number of rotatable bonds is 12. The van der Waals surface area contributed by atoms with Gasteiger partial charge in [-0.1, -0.05) is 61.5 Å². The van der Waals surface area contributed by atoms with Crippen LogP contribution in [0.2, 0.25) is 0 Å². The minimum atomic E-state index is -1.52. The molecule has 0 heterocycles. The molecule has 0 aliphatic carbocycles. The van der Waals surface area contributed by atoms with Gasteiger partial charge in [0.15, 0.2) is 0 Å². The van der Waals surface area contributed by atoms with Gasteiger partial charge in [-0.05, 0) is 64.7 Å². The van der Waals surface area contributed by atoms with E-state index in [0.29, 0.717) is 5.56 Å². The molecule has 3 N–H and O–H groups in total. The summed E-state index contributed by atoms with van der Waals surface area (Å²) in [5.41, 5.74) is 0.385. The van der Waals surface area contributed by atoms with Crippen LogP contribution >= 0.6 is 0 Å². The van der Waals surface area contributed by atoms with E-state index in [0.717, 1.165) is 22.4 Å². The number of ether oxygens (including phenoxy) is 2. The number of esters is 1. The number of amides is 3. The predicted octanol–water partition coefficient (Wildman–Crippen LogP) is 3.60. The van der Waals surface area contributed by atoms with Gasteiger partial charge in [0.05, 0.1) is 12.7 Å². The summed E-state index contributed by atoms with van der Waals surface area (Å²) in [5, 5.41) is 24.8. The van der Waals surface area contributed by atoms with Gasteiger partial charge in [-0.15, -0.1) is 0 Å². The third kappa shape index (κ3) is 11.3. The topological polar surface area (TPSA) is 158 Å². The molecular formula is C33H44N4O7. The molecule has 0 aliphatic rings. The van der Waals surface area contributed by atoms with Crippen molar-refractivity contribution >= 4 is 23.9 Å². The number of aliphatic hydroxyl groups is 1. The number of nitrogens with zero attached hydrogens (tertiary/aromatic N) is 2. The Hall–Kier alpha value is -4.43. The van der Waals surface area contributed by atoms with Gasteiger partial charge in [0, 0.05) is 6.42 Å². The molecule has 2 aromatic rings. The lowest BCUT2D eigenvalue weighted by Crippen LogP contribution is -2.56. The molecule has 11 heteroatoms. The number of aliphatic hydroxyl groups excluding tert-OH is 1. The highest BCUT2D eigenvalue weighted by molar-refractivity contribution is 5.94. The lowest BCUT2D eigenvalue weighted by atomic mass is 9.99. The van der Waals surface area contributed by atoms with E-state index in [4.69, 9.17) is 9.47 Å². The van der Waals surface area contributed by atoms with Gasteiger partial charge in [0.25, 0.3) is 0 Å². The van der Waals surface area contributed by atoms with E-state index in [1.54, 1.807) is 77.9 Å². The van der Waals surface area contributed by atoms with Crippen LogP contribution in [-0.4, -0.2) is 70.3 Å². The lowest BCUT2D eigenvalue weighted by molar-refractivity contribution is -0.159. The van der Waals surface area contributed by atoms with Crippen LogP contribution in [0.15, 0.2) is 54.6 Å². The summed E-state index contributed by atoms with van der Waals surface area (Å²) in [5.74, 6) is -2.32. The zero-order valence-corrected chi connectivity index (χ0v) is 26.5. The second kappa shape index (κ2) is 15.9. The second-order valence-corrected chi connectivity index (χ2v) is 12.3. The van der Waals surface area contributed by atoms with Gasteiger partial charge < -0.3 is 30.1 Å². The maximum Gasteiger partial charge on any atom is 0.408 e. The molecule has 0 bridgehead atoms. The number of hydrogen-bond donors (Lipinski definition) is 3. The van der Waals surface area contributed by atoms with Gasteiger partial charge in [0.1, 0.15) is 35.9 Å². The summed E-state index contributed by atoms with van der Waals surface area (Å²) in [7, 11) is 0. The minimum absolute atomic E-state index is 0.106. The lowest BCUT2D eigenvalue weighted by Gasteiger charge is -2.33. The van der Waals surface area contributed by atoms with E-state index < -0.39 is 66.4 Å². The molecule has 0 fully saturated rings. The number of carbonyl (C=O) groups is 4. The summed E-state index contributed by atoms with van der Waals surface area (Å²) in [6.07, 6.45) is -0.125. The first kappa shape index (κ1) is 35.8. The fourth-order valence-electron chi connectivity index (χ4n) is 4.28. The monoisotopic (exact) mass is 608 g/mol. The van der Waals surface area contributed by atoms with Gasteiger partial charge in [-0.2, -0.15) is 5.26 Å². The van der Waals surface area contributed by atoms with Crippen LogP contribution in [0.25, 0.3) is 0 Å². The number of aryl methyl sites for hydroxylation is 1. The fourth-order valence-corrected chi connectivity index (χ4v) is 4.28. The van der Waals surface area contributed by atoms with Gasteiger partial charge in [-0.3, -0.25) is 9.59 Å². The molecule has 0 aromatic heterocycles. The molecule has 2 rings (SSSR count). The Labute approximate surface area is 259 Å². The highest BCUT2D eigenvalue weighted by Crippen LogP contribution is 2.24.